The minimum atomic E-state index is -1.39. The van der Waals surface area contributed by atoms with E-state index in [1.165, 1.54) is 10.6 Å². The second-order valence-corrected chi connectivity index (χ2v) is 10.5. The molecule has 0 saturated carbocycles. The number of nitrogens with two attached hydrogens (primary N) is 1. The SMILES string of the molecule is C=CC(=O)N1CCN(c2c(C#N)c(=O)n(-c3c(C)ccnc3C(C)C)c3nc(-c4c(N)ccc(F)c4F)c(F)cc23)CC1. The summed E-state index contributed by atoms with van der Waals surface area (Å²) >= 11 is 0. The molecule has 220 valence electrons. The maximum atomic E-state index is 15.9. The summed E-state index contributed by atoms with van der Waals surface area (Å²) < 4.78 is 46.5. The van der Waals surface area contributed by atoms with E-state index in [-0.39, 0.29) is 66.0 Å². The van der Waals surface area contributed by atoms with Gasteiger partial charge in [0.05, 0.1) is 22.6 Å². The van der Waals surface area contributed by atoms with Gasteiger partial charge in [-0.2, -0.15) is 5.26 Å². The van der Waals surface area contributed by atoms with Crippen molar-refractivity contribution in [3.63, 3.8) is 0 Å². The number of nitrogens with zero attached hydrogens (tertiary/aromatic N) is 6. The number of nitriles is 1. The Morgan fingerprint density at radius 1 is 1.12 bits per heavy atom. The van der Waals surface area contributed by atoms with E-state index in [0.29, 0.717) is 16.9 Å². The molecule has 1 aromatic carbocycles. The van der Waals surface area contributed by atoms with Crippen molar-refractivity contribution in [2.75, 3.05) is 36.8 Å². The fraction of sp³-hybridized carbons (Fsp3) is 0.258. The molecule has 0 spiro atoms. The summed E-state index contributed by atoms with van der Waals surface area (Å²) in [7, 11) is 0. The molecule has 0 radical (unpaired) electrons. The van der Waals surface area contributed by atoms with Crippen molar-refractivity contribution in [2.24, 2.45) is 0 Å². The Bertz CT molecular complexity index is 1910. The van der Waals surface area contributed by atoms with Gasteiger partial charge in [0, 0.05) is 43.4 Å². The number of aryl methyl sites for hydroxylation is 1. The molecular formula is C31H28F3N7O2. The fourth-order valence-corrected chi connectivity index (χ4v) is 5.45. The van der Waals surface area contributed by atoms with Crippen LogP contribution in [0.3, 0.4) is 0 Å². The van der Waals surface area contributed by atoms with E-state index in [1.54, 1.807) is 29.0 Å². The number of nitrogen functional groups attached to an aromatic ring is 1. The highest BCUT2D eigenvalue weighted by Gasteiger charge is 2.30. The van der Waals surface area contributed by atoms with Gasteiger partial charge < -0.3 is 15.5 Å². The van der Waals surface area contributed by atoms with Gasteiger partial charge in [0.2, 0.25) is 5.91 Å². The third kappa shape index (κ3) is 4.86. The molecule has 43 heavy (non-hydrogen) atoms. The molecule has 0 aliphatic carbocycles. The molecule has 0 unspecified atom stereocenters. The van der Waals surface area contributed by atoms with Crippen LogP contribution in [-0.2, 0) is 4.79 Å². The van der Waals surface area contributed by atoms with E-state index in [1.807, 2.05) is 19.9 Å². The number of fused-ring (bicyclic) bond motifs is 1. The Kier molecular flexibility index (Phi) is 7.67. The smallest absolute Gasteiger partial charge is 0.276 e. The van der Waals surface area contributed by atoms with Crippen LogP contribution in [0.25, 0.3) is 28.0 Å². The van der Waals surface area contributed by atoms with Gasteiger partial charge in [-0.15, -0.1) is 0 Å². The molecule has 1 saturated heterocycles. The molecule has 1 aliphatic heterocycles. The van der Waals surface area contributed by atoms with E-state index in [0.717, 1.165) is 18.2 Å². The highest BCUT2D eigenvalue weighted by atomic mass is 19.2. The molecule has 1 aliphatic rings. The standard InChI is InChI=1S/C31H28F3N7O2/c1-5-23(42)39-10-12-40(13-11-39)29-18-14-21(33)27(24-22(36)7-6-20(32)25(24)34)38-30(18)41(31(43)19(29)15-35)28-17(4)8-9-37-26(28)16(2)3/h5-9,14,16H,1,10-13,36H2,2-4H3. The number of rotatable bonds is 5. The van der Waals surface area contributed by atoms with E-state index in [4.69, 9.17) is 5.73 Å². The maximum Gasteiger partial charge on any atom is 0.276 e. The minimum Gasteiger partial charge on any atom is -0.398 e. The van der Waals surface area contributed by atoms with Gasteiger partial charge in [-0.1, -0.05) is 20.4 Å². The van der Waals surface area contributed by atoms with Crippen LogP contribution >= 0.6 is 0 Å². The molecule has 9 nitrogen and oxygen atoms in total. The normalized spacial score (nSPS) is 13.4. The van der Waals surface area contributed by atoms with Gasteiger partial charge in [0.25, 0.3) is 5.56 Å². The first-order valence-electron chi connectivity index (χ1n) is 13.5. The molecule has 5 rings (SSSR count). The predicted molar refractivity (Wildman–Crippen MR) is 157 cm³/mol. The number of halogens is 3. The molecule has 2 N–H and O–H groups in total. The molecule has 4 aromatic rings. The van der Waals surface area contributed by atoms with E-state index >= 15 is 8.78 Å². The van der Waals surface area contributed by atoms with Crippen LogP contribution in [0.5, 0.6) is 0 Å². The molecule has 1 fully saturated rings. The van der Waals surface area contributed by atoms with E-state index in [2.05, 4.69) is 16.5 Å². The Balaban J connectivity index is 1.90. The number of benzene rings is 1. The van der Waals surface area contributed by atoms with Crippen molar-refractivity contribution < 1.29 is 18.0 Å². The predicted octanol–water partition coefficient (Wildman–Crippen LogP) is 4.59. The van der Waals surface area contributed by atoms with Gasteiger partial charge in [0.1, 0.15) is 17.3 Å². The summed E-state index contributed by atoms with van der Waals surface area (Å²) in [6.45, 7) is 10.0. The number of aromatic nitrogens is 3. The summed E-state index contributed by atoms with van der Waals surface area (Å²) in [4.78, 5) is 38.6. The largest absolute Gasteiger partial charge is 0.398 e. The molecule has 0 atom stereocenters. The molecule has 3 aromatic heterocycles. The average molecular weight is 588 g/mol. The number of anilines is 2. The molecule has 4 heterocycles. The summed E-state index contributed by atoms with van der Waals surface area (Å²) in [5.74, 6) is -4.11. The van der Waals surface area contributed by atoms with Crippen molar-refractivity contribution in [1.82, 2.24) is 19.4 Å². The Morgan fingerprint density at radius 2 is 1.81 bits per heavy atom. The molecular weight excluding hydrogens is 559 g/mol. The van der Waals surface area contributed by atoms with Crippen LogP contribution in [0, 0.1) is 35.7 Å². The summed E-state index contributed by atoms with van der Waals surface area (Å²) in [6.07, 6.45) is 2.79. The zero-order valence-corrected chi connectivity index (χ0v) is 23.8. The highest BCUT2D eigenvalue weighted by Crippen LogP contribution is 2.37. The Hall–Kier alpha value is -5.18. The zero-order chi connectivity index (χ0) is 31.2. The molecule has 12 heteroatoms. The third-order valence-electron chi connectivity index (χ3n) is 7.56. The van der Waals surface area contributed by atoms with Crippen molar-refractivity contribution in [3.8, 4) is 23.0 Å². The first kappa shape index (κ1) is 29.3. The first-order chi connectivity index (χ1) is 20.5. The lowest BCUT2D eigenvalue weighted by atomic mass is 10.0. The van der Waals surface area contributed by atoms with Crippen LogP contribution in [0.15, 0.2) is 47.9 Å². The zero-order valence-electron chi connectivity index (χ0n) is 23.8. The second kappa shape index (κ2) is 11.2. The average Bonchev–Trinajstić information content (AvgIpc) is 2.99. The maximum absolute atomic E-state index is 15.9. The molecule has 0 bridgehead atoms. The fourth-order valence-electron chi connectivity index (χ4n) is 5.45. The lowest BCUT2D eigenvalue weighted by Crippen LogP contribution is -2.49. The third-order valence-corrected chi connectivity index (χ3v) is 7.56. The van der Waals surface area contributed by atoms with Gasteiger partial charge in [0.15, 0.2) is 23.1 Å². The van der Waals surface area contributed by atoms with E-state index in [9.17, 15) is 19.2 Å². The summed E-state index contributed by atoms with van der Waals surface area (Å²) in [6, 6.07) is 6.66. The quantitative estimate of drug-likeness (QED) is 0.268. The van der Waals surface area contributed by atoms with Crippen molar-refractivity contribution in [2.45, 2.75) is 26.7 Å². The monoisotopic (exact) mass is 587 g/mol. The minimum absolute atomic E-state index is 0.0919. The van der Waals surface area contributed by atoms with Gasteiger partial charge in [-0.05, 0) is 48.7 Å². The number of hydrogen-bond donors (Lipinski definition) is 1. The molecule has 1 amide bonds. The number of carbonyl (C=O) groups is 1. The van der Waals surface area contributed by atoms with Crippen molar-refractivity contribution in [3.05, 3.63) is 87.7 Å². The number of pyridine rings is 3. The van der Waals surface area contributed by atoms with Gasteiger partial charge in [-0.25, -0.2) is 18.2 Å². The van der Waals surface area contributed by atoms with Crippen LogP contribution < -0.4 is 16.2 Å². The van der Waals surface area contributed by atoms with Crippen molar-refractivity contribution >= 4 is 28.3 Å². The van der Waals surface area contributed by atoms with Crippen LogP contribution in [0.2, 0.25) is 0 Å². The van der Waals surface area contributed by atoms with Gasteiger partial charge >= 0.3 is 0 Å². The van der Waals surface area contributed by atoms with E-state index < -0.39 is 34.3 Å². The second-order valence-electron chi connectivity index (χ2n) is 10.5. The summed E-state index contributed by atoms with van der Waals surface area (Å²) in [5, 5.41) is 10.4. The van der Waals surface area contributed by atoms with Crippen molar-refractivity contribution in [1.29, 1.82) is 5.26 Å². The van der Waals surface area contributed by atoms with Crippen LogP contribution in [-0.4, -0.2) is 51.5 Å². The summed E-state index contributed by atoms with van der Waals surface area (Å²) in [5.41, 5.74) is 5.02. The lowest BCUT2D eigenvalue weighted by Gasteiger charge is -2.36. The first-order valence-corrected chi connectivity index (χ1v) is 13.5. The Morgan fingerprint density at radius 3 is 2.44 bits per heavy atom. The highest BCUT2D eigenvalue weighted by molar-refractivity contribution is 5.96. The number of hydrogen-bond acceptors (Lipinski definition) is 7. The lowest BCUT2D eigenvalue weighted by molar-refractivity contribution is -0.126. The number of piperazine rings is 1. The number of amides is 1. The van der Waals surface area contributed by atoms with Crippen LogP contribution in [0.4, 0.5) is 24.5 Å². The van der Waals surface area contributed by atoms with Gasteiger partial charge in [-0.3, -0.25) is 19.1 Å². The van der Waals surface area contributed by atoms with Crippen LogP contribution in [0.1, 0.15) is 36.6 Å². The topological polar surface area (TPSA) is 121 Å². The Labute approximate surface area is 245 Å². The number of carbonyl (C=O) groups excluding carboxylic acids is 1.